The van der Waals surface area contributed by atoms with Crippen molar-refractivity contribution in [1.82, 2.24) is 10.2 Å². The first-order valence-electron chi connectivity index (χ1n) is 8.26. The van der Waals surface area contributed by atoms with Crippen LogP contribution in [0.3, 0.4) is 0 Å². The summed E-state index contributed by atoms with van der Waals surface area (Å²) >= 11 is 0. The van der Waals surface area contributed by atoms with Crippen LogP contribution >= 0.6 is 0 Å². The molecule has 2 atom stereocenters. The number of amides is 1. The van der Waals surface area contributed by atoms with E-state index >= 15 is 0 Å². The van der Waals surface area contributed by atoms with Crippen LogP contribution in [0.15, 0.2) is 0 Å². The molecule has 1 amide bonds. The first-order valence-corrected chi connectivity index (χ1v) is 8.26. The third kappa shape index (κ3) is 3.73. The summed E-state index contributed by atoms with van der Waals surface area (Å²) in [5, 5.41) is 3.40. The Kier molecular flexibility index (Phi) is 6.96. The second-order valence-electron chi connectivity index (χ2n) is 6.19. The van der Waals surface area contributed by atoms with Crippen LogP contribution in [0.1, 0.15) is 59.3 Å². The highest BCUT2D eigenvalue weighted by atomic mass is 16.1. The Morgan fingerprint density at radius 1 is 1.40 bits per heavy atom. The van der Waals surface area contributed by atoms with E-state index in [1.54, 1.807) is 0 Å². The van der Waals surface area contributed by atoms with Gasteiger partial charge in [0.1, 0.15) is 5.54 Å². The van der Waals surface area contributed by atoms with Crippen LogP contribution in [0.5, 0.6) is 0 Å². The fourth-order valence-corrected chi connectivity index (χ4v) is 3.88. The van der Waals surface area contributed by atoms with Gasteiger partial charge in [-0.05, 0) is 58.2 Å². The van der Waals surface area contributed by atoms with Crippen molar-refractivity contribution < 1.29 is 4.79 Å². The molecule has 1 saturated carbocycles. The van der Waals surface area contributed by atoms with Gasteiger partial charge in [0.05, 0.1) is 0 Å². The van der Waals surface area contributed by atoms with E-state index < -0.39 is 5.54 Å². The summed E-state index contributed by atoms with van der Waals surface area (Å²) in [6.07, 6.45) is 6.55. The minimum absolute atomic E-state index is 0.160. The van der Waals surface area contributed by atoms with Gasteiger partial charge < -0.3 is 16.0 Å². The molecule has 0 bridgehead atoms. The summed E-state index contributed by atoms with van der Waals surface area (Å²) in [5.74, 6) is 0.226. The number of carbonyl (C=O) groups excluding carboxylic acids is 1. The van der Waals surface area contributed by atoms with Crippen molar-refractivity contribution in [1.29, 1.82) is 0 Å². The second kappa shape index (κ2) is 7.99. The van der Waals surface area contributed by atoms with E-state index in [9.17, 15) is 4.79 Å². The molecule has 20 heavy (non-hydrogen) atoms. The van der Waals surface area contributed by atoms with Crippen LogP contribution < -0.4 is 11.1 Å². The molecule has 0 radical (unpaired) electrons. The molecule has 0 aromatic rings. The molecule has 0 aromatic heterocycles. The lowest BCUT2D eigenvalue weighted by atomic mass is 9.83. The minimum atomic E-state index is -0.455. The van der Waals surface area contributed by atoms with Crippen LogP contribution in [0.25, 0.3) is 0 Å². The van der Waals surface area contributed by atoms with E-state index in [-0.39, 0.29) is 5.91 Å². The molecule has 0 heterocycles. The zero-order chi connectivity index (χ0) is 15.2. The highest BCUT2D eigenvalue weighted by Crippen LogP contribution is 2.38. The molecule has 4 heteroatoms. The molecule has 1 rings (SSSR count). The van der Waals surface area contributed by atoms with E-state index in [1.165, 1.54) is 12.8 Å². The molecule has 0 spiro atoms. The molecule has 2 unspecified atom stereocenters. The van der Waals surface area contributed by atoms with Crippen molar-refractivity contribution >= 4 is 5.91 Å². The van der Waals surface area contributed by atoms with Crippen LogP contribution in [-0.4, -0.2) is 42.5 Å². The van der Waals surface area contributed by atoms with Crippen LogP contribution in [0.4, 0.5) is 0 Å². The lowest BCUT2D eigenvalue weighted by Crippen LogP contribution is -2.58. The molecule has 1 aliphatic rings. The summed E-state index contributed by atoms with van der Waals surface area (Å²) in [4.78, 5) is 14.4. The number of likely N-dealkylation sites (N-methyl/N-ethyl adjacent to an activating group) is 1. The topological polar surface area (TPSA) is 58.4 Å². The summed E-state index contributed by atoms with van der Waals surface area (Å²) < 4.78 is 0. The van der Waals surface area contributed by atoms with Gasteiger partial charge in [-0.15, -0.1) is 0 Å². The van der Waals surface area contributed by atoms with Crippen molar-refractivity contribution in [3.05, 3.63) is 0 Å². The number of carbonyl (C=O) groups is 1. The number of hydrogen-bond donors (Lipinski definition) is 2. The largest absolute Gasteiger partial charge is 0.368 e. The van der Waals surface area contributed by atoms with Gasteiger partial charge in [-0.3, -0.25) is 4.79 Å². The summed E-state index contributed by atoms with van der Waals surface area (Å²) in [6.45, 7) is 8.40. The second-order valence-corrected chi connectivity index (χ2v) is 6.19. The van der Waals surface area contributed by atoms with Gasteiger partial charge in [0.25, 0.3) is 0 Å². The lowest BCUT2D eigenvalue weighted by molar-refractivity contribution is -0.126. The maximum Gasteiger partial charge on any atom is 0.238 e. The molecule has 0 saturated heterocycles. The summed E-state index contributed by atoms with van der Waals surface area (Å²) in [6, 6.07) is 0.651. The average Bonchev–Trinajstić information content (AvgIpc) is 2.82. The van der Waals surface area contributed by atoms with Crippen molar-refractivity contribution in [3.63, 3.8) is 0 Å². The Labute approximate surface area is 124 Å². The zero-order valence-electron chi connectivity index (χ0n) is 13.7. The maximum atomic E-state index is 12.0. The van der Waals surface area contributed by atoms with Crippen molar-refractivity contribution in [2.45, 2.75) is 70.9 Å². The van der Waals surface area contributed by atoms with E-state index in [2.05, 4.69) is 38.0 Å². The molecule has 4 nitrogen and oxygen atoms in total. The molecule has 3 N–H and O–H groups in total. The van der Waals surface area contributed by atoms with E-state index in [0.29, 0.717) is 12.0 Å². The standard InChI is InChI=1S/C16H33N3O/c1-5-14(6-2)19(4)12-10-13-9-8-11-16(13,15(17)20)18-7-3/h13-14,18H,5-12H2,1-4H3,(H2,17,20). The van der Waals surface area contributed by atoms with Gasteiger partial charge in [-0.1, -0.05) is 27.2 Å². The SMILES string of the molecule is CCNC1(C(N)=O)CCCC1CCN(C)C(CC)CC. The Morgan fingerprint density at radius 3 is 2.55 bits per heavy atom. The van der Waals surface area contributed by atoms with Gasteiger partial charge >= 0.3 is 0 Å². The number of nitrogens with two attached hydrogens (primary N) is 1. The Bertz CT molecular complexity index is 304. The molecule has 1 fully saturated rings. The maximum absolute atomic E-state index is 12.0. The summed E-state index contributed by atoms with van der Waals surface area (Å²) in [5.41, 5.74) is 5.26. The Morgan fingerprint density at radius 2 is 2.05 bits per heavy atom. The molecular formula is C16H33N3O. The van der Waals surface area contributed by atoms with Crippen LogP contribution in [0.2, 0.25) is 0 Å². The highest BCUT2D eigenvalue weighted by Gasteiger charge is 2.46. The predicted octanol–water partition coefficient (Wildman–Crippen LogP) is 2.13. The Balaban J connectivity index is 2.63. The van der Waals surface area contributed by atoms with Crippen molar-refractivity contribution in [2.75, 3.05) is 20.1 Å². The van der Waals surface area contributed by atoms with Gasteiger partial charge in [-0.25, -0.2) is 0 Å². The van der Waals surface area contributed by atoms with Crippen molar-refractivity contribution in [3.8, 4) is 0 Å². The number of rotatable bonds is 9. The molecular weight excluding hydrogens is 250 g/mol. The van der Waals surface area contributed by atoms with E-state index in [4.69, 9.17) is 5.73 Å². The number of hydrogen-bond acceptors (Lipinski definition) is 3. The highest BCUT2D eigenvalue weighted by molar-refractivity contribution is 5.85. The first-order chi connectivity index (χ1) is 9.51. The normalized spacial score (nSPS) is 26.6. The molecule has 0 aromatic carbocycles. The predicted molar refractivity (Wildman–Crippen MR) is 84.6 cm³/mol. The fourth-order valence-electron chi connectivity index (χ4n) is 3.88. The Hall–Kier alpha value is -0.610. The van der Waals surface area contributed by atoms with Crippen molar-refractivity contribution in [2.24, 2.45) is 11.7 Å². The fraction of sp³-hybridized carbons (Fsp3) is 0.938. The molecule has 118 valence electrons. The number of primary amides is 1. The molecule has 1 aliphatic carbocycles. The van der Waals surface area contributed by atoms with Crippen LogP contribution in [0, 0.1) is 5.92 Å². The minimum Gasteiger partial charge on any atom is -0.368 e. The summed E-state index contributed by atoms with van der Waals surface area (Å²) in [7, 11) is 2.20. The average molecular weight is 283 g/mol. The number of nitrogens with one attached hydrogen (secondary N) is 1. The zero-order valence-corrected chi connectivity index (χ0v) is 13.7. The monoisotopic (exact) mass is 283 g/mol. The molecule has 0 aliphatic heterocycles. The smallest absolute Gasteiger partial charge is 0.238 e. The lowest BCUT2D eigenvalue weighted by Gasteiger charge is -2.35. The quantitative estimate of drug-likeness (QED) is 0.681. The van der Waals surface area contributed by atoms with Gasteiger partial charge in [0.2, 0.25) is 5.91 Å². The van der Waals surface area contributed by atoms with Crippen LogP contribution in [-0.2, 0) is 4.79 Å². The van der Waals surface area contributed by atoms with Gasteiger partial charge in [0.15, 0.2) is 0 Å². The van der Waals surface area contributed by atoms with Gasteiger partial charge in [0, 0.05) is 6.04 Å². The van der Waals surface area contributed by atoms with Gasteiger partial charge in [-0.2, -0.15) is 0 Å². The van der Waals surface area contributed by atoms with E-state index in [1.807, 2.05) is 0 Å². The third-order valence-corrected chi connectivity index (χ3v) is 5.15. The first kappa shape index (κ1) is 17.4. The third-order valence-electron chi connectivity index (χ3n) is 5.15. The number of nitrogens with zero attached hydrogens (tertiary/aromatic N) is 1. The van der Waals surface area contributed by atoms with E-state index in [0.717, 1.165) is 38.8 Å².